The van der Waals surface area contributed by atoms with Crippen LogP contribution in [0.15, 0.2) is 24.3 Å². The second-order valence-electron chi connectivity index (χ2n) is 7.10. The first kappa shape index (κ1) is 23.0. The van der Waals surface area contributed by atoms with Gasteiger partial charge >= 0.3 is 5.97 Å². The molecule has 0 spiro atoms. The molecule has 5 nitrogen and oxygen atoms in total. The van der Waals surface area contributed by atoms with Gasteiger partial charge in [0.1, 0.15) is 0 Å². The molecule has 0 amide bonds. The van der Waals surface area contributed by atoms with Gasteiger partial charge in [-0.15, -0.1) is 24.8 Å². The van der Waals surface area contributed by atoms with Gasteiger partial charge < -0.3 is 20.6 Å². The standard InChI is InChI=1S/C19H29N3O2.2ClH/c23-19(24)13-15-1-3-18(4-2-15)22-11-7-17(8-12-22)21-14-16-5-9-20-10-6-16;;/h1-4,16-17,20-21H,5-14H2,(H,23,24);2*1H. The highest BCUT2D eigenvalue weighted by Crippen LogP contribution is 2.21. The first-order valence-corrected chi connectivity index (χ1v) is 9.20. The molecule has 2 aliphatic heterocycles. The van der Waals surface area contributed by atoms with E-state index in [1.807, 2.05) is 12.1 Å². The molecule has 0 radical (unpaired) electrons. The zero-order valence-electron chi connectivity index (χ0n) is 15.2. The maximum absolute atomic E-state index is 10.7. The number of benzene rings is 1. The van der Waals surface area contributed by atoms with Gasteiger partial charge in [0.15, 0.2) is 0 Å². The van der Waals surface area contributed by atoms with Crippen LogP contribution in [0.5, 0.6) is 0 Å². The number of halogens is 2. The molecule has 0 unspecified atom stereocenters. The molecule has 0 saturated carbocycles. The number of hydrogen-bond acceptors (Lipinski definition) is 4. The Bertz CT molecular complexity index is 528. The number of rotatable bonds is 6. The van der Waals surface area contributed by atoms with E-state index < -0.39 is 5.97 Å². The number of carbonyl (C=O) groups is 1. The van der Waals surface area contributed by atoms with Crippen LogP contribution in [-0.4, -0.2) is 49.8 Å². The Morgan fingerprint density at radius 1 is 1.08 bits per heavy atom. The lowest BCUT2D eigenvalue weighted by Crippen LogP contribution is -2.45. The molecule has 148 valence electrons. The molecule has 7 heteroatoms. The summed E-state index contributed by atoms with van der Waals surface area (Å²) in [6.07, 6.45) is 5.07. The van der Waals surface area contributed by atoms with Gasteiger partial charge in [0, 0.05) is 24.8 Å². The lowest BCUT2D eigenvalue weighted by Gasteiger charge is -2.35. The van der Waals surface area contributed by atoms with Crippen LogP contribution in [0.4, 0.5) is 5.69 Å². The maximum Gasteiger partial charge on any atom is 0.307 e. The fourth-order valence-electron chi connectivity index (χ4n) is 3.76. The predicted octanol–water partition coefficient (Wildman–Crippen LogP) is 2.72. The van der Waals surface area contributed by atoms with Crippen molar-refractivity contribution in [1.82, 2.24) is 10.6 Å². The summed E-state index contributed by atoms with van der Waals surface area (Å²) in [5.41, 5.74) is 2.07. The van der Waals surface area contributed by atoms with Crippen molar-refractivity contribution in [3.8, 4) is 0 Å². The van der Waals surface area contributed by atoms with E-state index in [9.17, 15) is 4.79 Å². The molecule has 26 heavy (non-hydrogen) atoms. The highest BCUT2D eigenvalue weighted by atomic mass is 35.5. The van der Waals surface area contributed by atoms with Gasteiger partial charge in [-0.1, -0.05) is 12.1 Å². The van der Waals surface area contributed by atoms with E-state index in [0.29, 0.717) is 6.04 Å². The summed E-state index contributed by atoms with van der Waals surface area (Å²) < 4.78 is 0. The minimum atomic E-state index is -0.775. The summed E-state index contributed by atoms with van der Waals surface area (Å²) in [6.45, 7) is 5.64. The van der Waals surface area contributed by atoms with E-state index in [1.165, 1.54) is 44.5 Å². The summed E-state index contributed by atoms with van der Waals surface area (Å²) >= 11 is 0. The van der Waals surface area contributed by atoms with Crippen molar-refractivity contribution in [1.29, 1.82) is 0 Å². The van der Waals surface area contributed by atoms with E-state index in [1.54, 1.807) is 0 Å². The Labute approximate surface area is 168 Å². The molecule has 2 fully saturated rings. The van der Waals surface area contributed by atoms with Crippen LogP contribution in [0.1, 0.15) is 31.2 Å². The Hall–Kier alpha value is -1.01. The third-order valence-corrected chi connectivity index (χ3v) is 5.31. The SMILES string of the molecule is Cl.Cl.O=C(O)Cc1ccc(N2CCC(NCC3CCNCC3)CC2)cc1. The van der Waals surface area contributed by atoms with Crippen molar-refractivity contribution in [2.75, 3.05) is 37.6 Å². The lowest BCUT2D eigenvalue weighted by atomic mass is 9.96. The van der Waals surface area contributed by atoms with Gasteiger partial charge in [0.25, 0.3) is 0 Å². The minimum absolute atomic E-state index is 0. The molecule has 3 N–H and O–H groups in total. The molecule has 0 atom stereocenters. The largest absolute Gasteiger partial charge is 0.481 e. The molecule has 0 aromatic heterocycles. The summed E-state index contributed by atoms with van der Waals surface area (Å²) in [5.74, 6) is 0.0643. The van der Waals surface area contributed by atoms with Crippen LogP contribution in [-0.2, 0) is 11.2 Å². The molecule has 1 aromatic carbocycles. The van der Waals surface area contributed by atoms with Crippen LogP contribution >= 0.6 is 24.8 Å². The van der Waals surface area contributed by atoms with E-state index in [-0.39, 0.29) is 31.2 Å². The molecule has 1 aromatic rings. The topological polar surface area (TPSA) is 64.6 Å². The van der Waals surface area contributed by atoms with Gasteiger partial charge in [0.05, 0.1) is 6.42 Å². The fraction of sp³-hybridized carbons (Fsp3) is 0.632. The normalized spacial score (nSPS) is 18.7. The molecule has 2 saturated heterocycles. The zero-order chi connectivity index (χ0) is 16.8. The van der Waals surface area contributed by atoms with Crippen LogP contribution in [0.25, 0.3) is 0 Å². The van der Waals surface area contributed by atoms with Crippen molar-refractivity contribution < 1.29 is 9.90 Å². The van der Waals surface area contributed by atoms with Crippen LogP contribution in [0.3, 0.4) is 0 Å². The summed E-state index contributed by atoms with van der Waals surface area (Å²) in [7, 11) is 0. The smallest absolute Gasteiger partial charge is 0.307 e. The zero-order valence-corrected chi connectivity index (χ0v) is 16.8. The summed E-state index contributed by atoms with van der Waals surface area (Å²) in [5, 5.41) is 16.0. The van der Waals surface area contributed by atoms with E-state index >= 15 is 0 Å². The monoisotopic (exact) mass is 403 g/mol. The van der Waals surface area contributed by atoms with Crippen molar-refractivity contribution in [2.24, 2.45) is 5.92 Å². The number of anilines is 1. The van der Waals surface area contributed by atoms with Crippen molar-refractivity contribution in [3.05, 3.63) is 29.8 Å². The number of carboxylic acid groups (broad SMARTS) is 1. The molecule has 3 rings (SSSR count). The summed E-state index contributed by atoms with van der Waals surface area (Å²) in [6, 6.07) is 8.63. The number of nitrogens with one attached hydrogen (secondary N) is 2. The molecule has 0 aliphatic carbocycles. The summed E-state index contributed by atoms with van der Waals surface area (Å²) in [4.78, 5) is 13.2. The number of carboxylic acids is 1. The van der Waals surface area contributed by atoms with E-state index in [2.05, 4.69) is 27.7 Å². The van der Waals surface area contributed by atoms with Crippen molar-refractivity contribution >= 4 is 36.5 Å². The fourth-order valence-corrected chi connectivity index (χ4v) is 3.76. The Kier molecular flexibility index (Phi) is 10.3. The molecule has 2 aliphatic rings. The first-order valence-electron chi connectivity index (χ1n) is 9.20. The minimum Gasteiger partial charge on any atom is -0.481 e. The molecule has 0 bridgehead atoms. The Morgan fingerprint density at radius 3 is 2.27 bits per heavy atom. The van der Waals surface area contributed by atoms with Gasteiger partial charge in [-0.2, -0.15) is 0 Å². The highest BCUT2D eigenvalue weighted by Gasteiger charge is 2.21. The first-order chi connectivity index (χ1) is 11.7. The second kappa shape index (κ2) is 11.7. The van der Waals surface area contributed by atoms with Crippen LogP contribution in [0.2, 0.25) is 0 Å². The van der Waals surface area contributed by atoms with Gasteiger partial charge in [0.2, 0.25) is 0 Å². The number of hydrogen-bond donors (Lipinski definition) is 3. The second-order valence-corrected chi connectivity index (χ2v) is 7.10. The third-order valence-electron chi connectivity index (χ3n) is 5.31. The third kappa shape index (κ3) is 6.95. The Balaban J connectivity index is 0.00000169. The van der Waals surface area contributed by atoms with E-state index in [0.717, 1.165) is 31.1 Å². The highest BCUT2D eigenvalue weighted by molar-refractivity contribution is 5.85. The van der Waals surface area contributed by atoms with Gasteiger partial charge in [-0.25, -0.2) is 0 Å². The lowest BCUT2D eigenvalue weighted by molar-refractivity contribution is -0.136. The van der Waals surface area contributed by atoms with Crippen molar-refractivity contribution in [2.45, 2.75) is 38.1 Å². The van der Waals surface area contributed by atoms with Gasteiger partial charge in [-0.05, 0) is 68.9 Å². The average Bonchev–Trinajstić information content (AvgIpc) is 2.62. The quantitative estimate of drug-likeness (QED) is 0.681. The van der Waals surface area contributed by atoms with Gasteiger partial charge in [-0.3, -0.25) is 4.79 Å². The number of piperidine rings is 2. The molecular formula is C19H31Cl2N3O2. The van der Waals surface area contributed by atoms with Crippen LogP contribution in [0, 0.1) is 5.92 Å². The predicted molar refractivity (Wildman–Crippen MR) is 111 cm³/mol. The number of aliphatic carboxylic acids is 1. The molecule has 2 heterocycles. The van der Waals surface area contributed by atoms with Crippen molar-refractivity contribution in [3.63, 3.8) is 0 Å². The van der Waals surface area contributed by atoms with Crippen LogP contribution < -0.4 is 15.5 Å². The number of nitrogens with zero attached hydrogens (tertiary/aromatic N) is 1. The van der Waals surface area contributed by atoms with E-state index in [4.69, 9.17) is 5.11 Å². The maximum atomic E-state index is 10.7. The Morgan fingerprint density at radius 2 is 1.69 bits per heavy atom. The average molecular weight is 404 g/mol. The molecular weight excluding hydrogens is 373 g/mol.